The molecule has 0 saturated carbocycles. The summed E-state index contributed by atoms with van der Waals surface area (Å²) in [6.07, 6.45) is 1.38. The molecule has 0 unspecified atom stereocenters. The summed E-state index contributed by atoms with van der Waals surface area (Å²) in [7, 11) is 0. The van der Waals surface area contributed by atoms with Crippen LogP contribution in [0.2, 0.25) is 0 Å². The lowest BCUT2D eigenvalue weighted by molar-refractivity contribution is -0.130. The molecule has 2 N–H and O–H groups in total. The van der Waals surface area contributed by atoms with Crippen molar-refractivity contribution in [2.45, 2.75) is 25.7 Å². The second-order valence-corrected chi connectivity index (χ2v) is 6.80. The maximum atomic E-state index is 12.6. The number of likely N-dealkylation sites (tertiary alicyclic amines) is 1. The molecule has 0 aliphatic carbocycles. The van der Waals surface area contributed by atoms with Gasteiger partial charge in [-0.05, 0) is 36.9 Å². The lowest BCUT2D eigenvalue weighted by atomic mass is 9.89. The standard InChI is InChI=1S/C21H26N2O/c1-16-7-9-17(10-8-16)11-12-21(24)23-14-19(13-22)20(15-23)18-5-3-2-4-6-18/h2-10,19-20H,11-15,22H2,1H3/t19-,20+/m1/s1. The maximum Gasteiger partial charge on any atom is 0.222 e. The molecular weight excluding hydrogens is 296 g/mol. The fourth-order valence-corrected chi connectivity index (χ4v) is 3.56. The Hall–Kier alpha value is -2.13. The Labute approximate surface area is 144 Å². The largest absolute Gasteiger partial charge is 0.342 e. The average Bonchev–Trinajstić information content (AvgIpc) is 3.06. The van der Waals surface area contributed by atoms with E-state index in [2.05, 4.69) is 55.5 Å². The number of carbonyl (C=O) groups is 1. The van der Waals surface area contributed by atoms with E-state index in [0.717, 1.165) is 19.5 Å². The van der Waals surface area contributed by atoms with Crippen LogP contribution in [0.4, 0.5) is 0 Å². The van der Waals surface area contributed by atoms with Crippen LogP contribution >= 0.6 is 0 Å². The number of amides is 1. The van der Waals surface area contributed by atoms with Crippen molar-refractivity contribution in [1.82, 2.24) is 4.90 Å². The zero-order valence-electron chi connectivity index (χ0n) is 14.3. The Morgan fingerprint density at radius 1 is 1.08 bits per heavy atom. The Bertz CT molecular complexity index is 666. The van der Waals surface area contributed by atoms with Gasteiger partial charge in [0.2, 0.25) is 5.91 Å². The van der Waals surface area contributed by atoms with E-state index in [9.17, 15) is 4.79 Å². The molecule has 3 rings (SSSR count). The van der Waals surface area contributed by atoms with Gasteiger partial charge in [0.25, 0.3) is 0 Å². The first kappa shape index (κ1) is 16.7. The predicted molar refractivity (Wildman–Crippen MR) is 97.8 cm³/mol. The Morgan fingerprint density at radius 2 is 1.79 bits per heavy atom. The molecule has 2 aromatic carbocycles. The molecule has 1 amide bonds. The second kappa shape index (κ2) is 7.63. The third kappa shape index (κ3) is 3.85. The van der Waals surface area contributed by atoms with Crippen LogP contribution in [0.3, 0.4) is 0 Å². The Morgan fingerprint density at radius 3 is 2.46 bits per heavy atom. The van der Waals surface area contributed by atoms with Crippen LogP contribution in [0.25, 0.3) is 0 Å². The first-order valence-electron chi connectivity index (χ1n) is 8.75. The molecule has 3 nitrogen and oxygen atoms in total. The number of hydrogen-bond acceptors (Lipinski definition) is 2. The van der Waals surface area contributed by atoms with Crippen LogP contribution in [-0.4, -0.2) is 30.4 Å². The summed E-state index contributed by atoms with van der Waals surface area (Å²) in [6, 6.07) is 18.9. The van der Waals surface area contributed by atoms with Gasteiger partial charge in [0, 0.05) is 25.4 Å². The molecule has 2 aromatic rings. The Kier molecular flexibility index (Phi) is 5.31. The number of nitrogens with two attached hydrogens (primary N) is 1. The molecule has 1 aliphatic rings. The fraction of sp³-hybridized carbons (Fsp3) is 0.381. The van der Waals surface area contributed by atoms with Crippen molar-refractivity contribution in [2.75, 3.05) is 19.6 Å². The van der Waals surface area contributed by atoms with Crippen molar-refractivity contribution in [3.8, 4) is 0 Å². The minimum atomic E-state index is 0.243. The lowest BCUT2D eigenvalue weighted by Gasteiger charge is -2.17. The molecule has 1 saturated heterocycles. The quantitative estimate of drug-likeness (QED) is 0.919. The third-order valence-electron chi connectivity index (χ3n) is 5.07. The van der Waals surface area contributed by atoms with Gasteiger partial charge in [0.05, 0.1) is 0 Å². The van der Waals surface area contributed by atoms with E-state index in [1.165, 1.54) is 16.7 Å². The number of hydrogen-bond donors (Lipinski definition) is 1. The second-order valence-electron chi connectivity index (χ2n) is 6.80. The molecule has 2 atom stereocenters. The molecule has 1 fully saturated rings. The lowest BCUT2D eigenvalue weighted by Crippen LogP contribution is -2.30. The van der Waals surface area contributed by atoms with E-state index in [4.69, 9.17) is 5.73 Å². The van der Waals surface area contributed by atoms with E-state index in [0.29, 0.717) is 24.8 Å². The van der Waals surface area contributed by atoms with Gasteiger partial charge >= 0.3 is 0 Å². The smallest absolute Gasteiger partial charge is 0.222 e. The summed E-state index contributed by atoms with van der Waals surface area (Å²) in [5.41, 5.74) is 9.73. The summed E-state index contributed by atoms with van der Waals surface area (Å²) in [4.78, 5) is 14.6. The van der Waals surface area contributed by atoms with Crippen molar-refractivity contribution >= 4 is 5.91 Å². The molecule has 24 heavy (non-hydrogen) atoms. The summed E-state index contributed by atoms with van der Waals surface area (Å²) in [5, 5.41) is 0. The van der Waals surface area contributed by atoms with Crippen LogP contribution in [0, 0.1) is 12.8 Å². The number of nitrogens with zero attached hydrogens (tertiary/aromatic N) is 1. The van der Waals surface area contributed by atoms with Crippen LogP contribution in [0.1, 0.15) is 29.0 Å². The van der Waals surface area contributed by atoms with E-state index in [1.807, 2.05) is 11.0 Å². The molecule has 0 bridgehead atoms. The number of rotatable bonds is 5. The van der Waals surface area contributed by atoms with E-state index in [1.54, 1.807) is 0 Å². The van der Waals surface area contributed by atoms with E-state index >= 15 is 0 Å². The van der Waals surface area contributed by atoms with Crippen LogP contribution in [-0.2, 0) is 11.2 Å². The number of carbonyl (C=O) groups excluding carboxylic acids is 1. The van der Waals surface area contributed by atoms with Gasteiger partial charge in [-0.3, -0.25) is 4.79 Å². The highest BCUT2D eigenvalue weighted by molar-refractivity contribution is 5.77. The van der Waals surface area contributed by atoms with Gasteiger partial charge < -0.3 is 10.6 Å². The summed E-state index contributed by atoms with van der Waals surface area (Å²) >= 11 is 0. The minimum Gasteiger partial charge on any atom is -0.342 e. The molecule has 126 valence electrons. The molecule has 1 heterocycles. The molecule has 0 radical (unpaired) electrons. The van der Waals surface area contributed by atoms with E-state index in [-0.39, 0.29) is 5.91 Å². The fourth-order valence-electron chi connectivity index (χ4n) is 3.56. The highest BCUT2D eigenvalue weighted by atomic mass is 16.2. The Balaban J connectivity index is 1.60. The van der Waals surface area contributed by atoms with Gasteiger partial charge in [0.15, 0.2) is 0 Å². The van der Waals surface area contributed by atoms with Crippen LogP contribution in [0.15, 0.2) is 54.6 Å². The molecule has 1 aliphatic heterocycles. The van der Waals surface area contributed by atoms with Crippen molar-refractivity contribution in [3.05, 3.63) is 71.3 Å². The third-order valence-corrected chi connectivity index (χ3v) is 5.07. The molecule has 0 aromatic heterocycles. The molecule has 0 spiro atoms. The van der Waals surface area contributed by atoms with Crippen molar-refractivity contribution < 1.29 is 4.79 Å². The predicted octanol–water partition coefficient (Wildman–Crippen LogP) is 3.13. The van der Waals surface area contributed by atoms with Gasteiger partial charge in [-0.15, -0.1) is 0 Å². The van der Waals surface area contributed by atoms with E-state index < -0.39 is 0 Å². The highest BCUT2D eigenvalue weighted by Gasteiger charge is 2.34. The average molecular weight is 322 g/mol. The molecular formula is C21H26N2O. The monoisotopic (exact) mass is 322 g/mol. The zero-order chi connectivity index (χ0) is 16.9. The van der Waals surface area contributed by atoms with Crippen molar-refractivity contribution in [2.24, 2.45) is 11.7 Å². The first-order valence-corrected chi connectivity index (χ1v) is 8.75. The van der Waals surface area contributed by atoms with Crippen LogP contribution < -0.4 is 5.73 Å². The normalized spacial score (nSPS) is 20.3. The number of benzene rings is 2. The SMILES string of the molecule is Cc1ccc(CCC(=O)N2C[C@@H](CN)[C@H](c3ccccc3)C2)cc1. The summed E-state index contributed by atoms with van der Waals surface area (Å²) in [5.74, 6) is 0.961. The first-order chi connectivity index (χ1) is 11.7. The number of aryl methyl sites for hydroxylation is 2. The molecule has 3 heteroatoms. The van der Waals surface area contributed by atoms with Crippen molar-refractivity contribution in [3.63, 3.8) is 0 Å². The summed E-state index contributed by atoms with van der Waals surface area (Å²) in [6.45, 7) is 4.28. The van der Waals surface area contributed by atoms with Gasteiger partial charge in [0.1, 0.15) is 0 Å². The highest BCUT2D eigenvalue weighted by Crippen LogP contribution is 2.32. The van der Waals surface area contributed by atoms with Gasteiger partial charge in [-0.25, -0.2) is 0 Å². The van der Waals surface area contributed by atoms with Crippen molar-refractivity contribution in [1.29, 1.82) is 0 Å². The topological polar surface area (TPSA) is 46.3 Å². The van der Waals surface area contributed by atoms with Crippen LogP contribution in [0.5, 0.6) is 0 Å². The van der Waals surface area contributed by atoms with Gasteiger partial charge in [-0.2, -0.15) is 0 Å². The van der Waals surface area contributed by atoms with Gasteiger partial charge in [-0.1, -0.05) is 60.2 Å². The summed E-state index contributed by atoms with van der Waals surface area (Å²) < 4.78 is 0. The zero-order valence-corrected chi connectivity index (χ0v) is 14.3. The minimum absolute atomic E-state index is 0.243. The maximum absolute atomic E-state index is 12.6.